The zero-order valence-electron chi connectivity index (χ0n) is 17.0. The Morgan fingerprint density at radius 3 is 1.67 bits per heavy atom. The average molecular weight is 438 g/mol. The highest BCUT2D eigenvalue weighted by Crippen LogP contribution is 2.29. The fourth-order valence-electron chi connectivity index (χ4n) is 2.71. The Morgan fingerprint density at radius 2 is 1.10 bits per heavy atom. The molecule has 0 saturated heterocycles. The van der Waals surface area contributed by atoms with Crippen molar-refractivity contribution in [3.8, 4) is 5.75 Å². The van der Waals surface area contributed by atoms with Crippen LogP contribution in [0.25, 0.3) is 0 Å². The maximum absolute atomic E-state index is 13.4. The molecule has 0 saturated carbocycles. The Morgan fingerprint density at radius 1 is 0.633 bits per heavy atom. The third-order valence-electron chi connectivity index (χ3n) is 4.41. The first kappa shape index (κ1) is 25.8. The van der Waals surface area contributed by atoms with E-state index in [-0.39, 0.29) is 19.4 Å². The average Bonchev–Trinajstić information content (AvgIpc) is 2.72. The van der Waals surface area contributed by atoms with Crippen LogP contribution in [0, 0.1) is 29.1 Å². The summed E-state index contributed by atoms with van der Waals surface area (Å²) in [6.07, 6.45) is 8.16. The van der Waals surface area contributed by atoms with Gasteiger partial charge in [0, 0.05) is 12.8 Å². The van der Waals surface area contributed by atoms with Gasteiger partial charge in [0.25, 0.3) is 0 Å². The van der Waals surface area contributed by atoms with Crippen LogP contribution in [0.15, 0.2) is 0 Å². The highest BCUT2D eigenvalue weighted by molar-refractivity contribution is 5.74. The van der Waals surface area contributed by atoms with Crippen molar-refractivity contribution in [1.29, 1.82) is 0 Å². The number of benzene rings is 1. The molecule has 0 aromatic heterocycles. The van der Waals surface area contributed by atoms with Crippen LogP contribution in [0.4, 0.5) is 22.0 Å². The maximum atomic E-state index is 13.4. The summed E-state index contributed by atoms with van der Waals surface area (Å²) in [6.45, 7) is 2.42. The molecule has 0 aliphatic rings. The molecular formula is C21H27F5O4. The lowest BCUT2D eigenvalue weighted by Gasteiger charge is -2.09. The molecule has 0 radical (unpaired) electrons. The molecule has 0 unspecified atom stereocenters. The molecule has 0 heterocycles. The van der Waals surface area contributed by atoms with Gasteiger partial charge in [0.15, 0.2) is 0 Å². The molecule has 0 spiro atoms. The number of rotatable bonds is 14. The number of halogens is 5. The van der Waals surface area contributed by atoms with E-state index in [9.17, 15) is 31.5 Å². The summed E-state index contributed by atoms with van der Waals surface area (Å²) < 4.78 is 75.2. The number of carbonyl (C=O) groups excluding carboxylic acids is 2. The van der Waals surface area contributed by atoms with E-state index in [0.29, 0.717) is 0 Å². The summed E-state index contributed by atoms with van der Waals surface area (Å²) in [5.74, 6) is -14.6. The summed E-state index contributed by atoms with van der Waals surface area (Å²) in [4.78, 5) is 23.2. The zero-order valence-corrected chi connectivity index (χ0v) is 17.0. The van der Waals surface area contributed by atoms with Gasteiger partial charge in [-0.1, -0.05) is 51.9 Å². The third kappa shape index (κ3) is 8.67. The van der Waals surface area contributed by atoms with Gasteiger partial charge in [-0.15, -0.1) is 0 Å². The molecule has 1 aromatic rings. The van der Waals surface area contributed by atoms with Crippen LogP contribution in [0.5, 0.6) is 5.75 Å². The van der Waals surface area contributed by atoms with E-state index < -0.39 is 53.2 Å². The van der Waals surface area contributed by atoms with Crippen molar-refractivity contribution in [3.05, 3.63) is 29.1 Å². The van der Waals surface area contributed by atoms with Gasteiger partial charge in [-0.25, -0.2) is 13.2 Å². The highest BCUT2D eigenvalue weighted by Gasteiger charge is 2.28. The van der Waals surface area contributed by atoms with Crippen molar-refractivity contribution in [3.63, 3.8) is 0 Å². The van der Waals surface area contributed by atoms with E-state index in [1.807, 2.05) is 0 Å². The molecule has 0 aliphatic heterocycles. The van der Waals surface area contributed by atoms with Gasteiger partial charge in [0.1, 0.15) is 0 Å². The molecular weight excluding hydrogens is 411 g/mol. The van der Waals surface area contributed by atoms with Crippen LogP contribution >= 0.6 is 0 Å². The number of hydrogen-bond donors (Lipinski definition) is 0. The summed E-state index contributed by atoms with van der Waals surface area (Å²) in [6, 6.07) is 0. The van der Waals surface area contributed by atoms with Gasteiger partial charge < -0.3 is 9.47 Å². The van der Waals surface area contributed by atoms with E-state index in [1.54, 1.807) is 0 Å². The lowest BCUT2D eigenvalue weighted by molar-refractivity contribution is -0.144. The van der Waals surface area contributed by atoms with Gasteiger partial charge in [0.2, 0.25) is 34.8 Å². The first-order chi connectivity index (χ1) is 14.3. The lowest BCUT2D eigenvalue weighted by atomic mass is 10.1. The minimum Gasteiger partial charge on any atom is -0.466 e. The molecule has 0 aliphatic carbocycles. The van der Waals surface area contributed by atoms with Crippen LogP contribution in [0.3, 0.4) is 0 Å². The lowest BCUT2D eigenvalue weighted by Crippen LogP contribution is -2.14. The number of unbranched alkanes of at least 4 members (excludes halogenated alkanes) is 7. The molecule has 0 N–H and O–H groups in total. The standard InChI is InChI=1S/C21H27F5O4/c1-2-3-4-5-6-7-8-9-13-29-14(27)11-10-12-15(28)30-21-19(25)17(23)16(22)18(24)20(21)26/h2-13H2,1H3. The van der Waals surface area contributed by atoms with E-state index in [2.05, 4.69) is 11.7 Å². The second kappa shape index (κ2) is 13.9. The third-order valence-corrected chi connectivity index (χ3v) is 4.41. The van der Waals surface area contributed by atoms with Crippen molar-refractivity contribution < 1.29 is 41.0 Å². The van der Waals surface area contributed by atoms with Crippen LogP contribution in [-0.2, 0) is 14.3 Å². The van der Waals surface area contributed by atoms with Gasteiger partial charge in [0.05, 0.1) is 6.61 Å². The fraction of sp³-hybridized carbons (Fsp3) is 0.619. The minimum absolute atomic E-state index is 0.0511. The molecule has 1 aromatic carbocycles. The SMILES string of the molecule is CCCCCCCCCCOC(=O)CCCC(=O)Oc1c(F)c(F)c(F)c(F)c1F. The van der Waals surface area contributed by atoms with Gasteiger partial charge in [-0.2, -0.15) is 8.78 Å². The van der Waals surface area contributed by atoms with E-state index >= 15 is 0 Å². The van der Waals surface area contributed by atoms with Crippen molar-refractivity contribution >= 4 is 11.9 Å². The number of carbonyl (C=O) groups is 2. The number of hydrogen-bond acceptors (Lipinski definition) is 4. The molecule has 0 bridgehead atoms. The predicted octanol–water partition coefficient (Wildman–Crippen LogP) is 6.14. The minimum atomic E-state index is -2.34. The number of ether oxygens (including phenoxy) is 2. The van der Waals surface area contributed by atoms with Crippen LogP contribution in [0.1, 0.15) is 77.6 Å². The maximum Gasteiger partial charge on any atom is 0.311 e. The first-order valence-corrected chi connectivity index (χ1v) is 10.2. The Balaban J connectivity index is 2.22. The molecule has 170 valence electrons. The van der Waals surface area contributed by atoms with Crippen molar-refractivity contribution in [2.75, 3.05) is 6.61 Å². The normalized spacial score (nSPS) is 10.9. The Labute approximate surface area is 172 Å². The van der Waals surface area contributed by atoms with E-state index in [1.165, 1.54) is 25.7 Å². The van der Waals surface area contributed by atoms with Crippen LogP contribution in [0.2, 0.25) is 0 Å². The first-order valence-electron chi connectivity index (χ1n) is 10.2. The molecule has 0 fully saturated rings. The molecule has 0 atom stereocenters. The summed E-state index contributed by atoms with van der Waals surface area (Å²) >= 11 is 0. The van der Waals surface area contributed by atoms with Crippen molar-refractivity contribution in [2.45, 2.75) is 77.6 Å². The predicted molar refractivity (Wildman–Crippen MR) is 99.3 cm³/mol. The van der Waals surface area contributed by atoms with E-state index in [0.717, 1.165) is 25.7 Å². The Bertz CT molecular complexity index is 680. The smallest absolute Gasteiger partial charge is 0.311 e. The Hall–Kier alpha value is -2.19. The summed E-state index contributed by atoms with van der Waals surface area (Å²) in [5, 5.41) is 0. The second-order valence-electron chi connectivity index (χ2n) is 6.92. The molecule has 0 amide bonds. The highest BCUT2D eigenvalue weighted by atomic mass is 19.2. The van der Waals surface area contributed by atoms with Crippen molar-refractivity contribution in [1.82, 2.24) is 0 Å². The van der Waals surface area contributed by atoms with Gasteiger partial charge in [-0.05, 0) is 12.8 Å². The topological polar surface area (TPSA) is 52.6 Å². The van der Waals surface area contributed by atoms with E-state index in [4.69, 9.17) is 4.74 Å². The molecule has 1 rings (SSSR count). The largest absolute Gasteiger partial charge is 0.466 e. The monoisotopic (exact) mass is 438 g/mol. The fourth-order valence-corrected chi connectivity index (χ4v) is 2.71. The van der Waals surface area contributed by atoms with Crippen LogP contribution in [-0.4, -0.2) is 18.5 Å². The second-order valence-corrected chi connectivity index (χ2v) is 6.92. The molecule has 9 heteroatoms. The van der Waals surface area contributed by atoms with Gasteiger partial charge >= 0.3 is 11.9 Å². The summed E-state index contributed by atoms with van der Waals surface area (Å²) in [7, 11) is 0. The summed E-state index contributed by atoms with van der Waals surface area (Å²) in [5.41, 5.74) is 0. The quantitative estimate of drug-likeness (QED) is 0.0874. The Kier molecular flexibility index (Phi) is 12.0. The molecule has 30 heavy (non-hydrogen) atoms. The number of esters is 2. The zero-order chi connectivity index (χ0) is 22.5. The van der Waals surface area contributed by atoms with Gasteiger partial charge in [-0.3, -0.25) is 9.59 Å². The molecule has 4 nitrogen and oxygen atoms in total. The van der Waals surface area contributed by atoms with Crippen molar-refractivity contribution in [2.24, 2.45) is 0 Å². The van der Waals surface area contributed by atoms with Crippen LogP contribution < -0.4 is 4.74 Å².